The number of furan rings is 1. The number of para-hydroxylation sites is 1. The molecule has 0 atom stereocenters. The van der Waals surface area contributed by atoms with Crippen molar-refractivity contribution in [3.8, 4) is 11.7 Å². The quantitative estimate of drug-likeness (QED) is 0.784. The minimum Gasteiger partial charge on any atom is -0.426 e. The summed E-state index contributed by atoms with van der Waals surface area (Å²) in [6, 6.07) is 12.3. The van der Waals surface area contributed by atoms with Crippen molar-refractivity contribution >= 4 is 5.91 Å². The van der Waals surface area contributed by atoms with Gasteiger partial charge in [-0.3, -0.25) is 10.2 Å². The summed E-state index contributed by atoms with van der Waals surface area (Å²) in [5.41, 5.74) is 2.52. The lowest BCUT2D eigenvalue weighted by Crippen LogP contribution is -2.20. The van der Waals surface area contributed by atoms with Gasteiger partial charge in [0.15, 0.2) is 5.76 Å². The number of carbonyl (C=O) groups is 1. The summed E-state index contributed by atoms with van der Waals surface area (Å²) in [4.78, 5) is 11.8. The average molecular weight is 270 g/mol. The minimum absolute atomic E-state index is 0.129. The van der Waals surface area contributed by atoms with E-state index in [1.54, 1.807) is 18.2 Å². The number of hydrogen-bond acceptors (Lipinski definition) is 5. The van der Waals surface area contributed by atoms with Gasteiger partial charge in [-0.1, -0.05) is 18.2 Å². The van der Waals surface area contributed by atoms with Gasteiger partial charge in [0.25, 0.3) is 5.95 Å². The zero-order valence-electron chi connectivity index (χ0n) is 10.3. The molecule has 7 nitrogen and oxygen atoms in total. The van der Waals surface area contributed by atoms with Crippen LogP contribution in [0.4, 0.5) is 0 Å². The summed E-state index contributed by atoms with van der Waals surface area (Å²) in [5.74, 6) is 0.579. The van der Waals surface area contributed by atoms with Crippen molar-refractivity contribution in [1.29, 1.82) is 0 Å². The van der Waals surface area contributed by atoms with E-state index in [0.29, 0.717) is 5.75 Å². The SMILES string of the molecule is O=C(Nn1cnnc1)c1ccc(Oc2ccccc2)o1. The molecule has 3 aromatic rings. The van der Waals surface area contributed by atoms with Crippen LogP contribution in [0.1, 0.15) is 10.6 Å². The van der Waals surface area contributed by atoms with E-state index < -0.39 is 5.91 Å². The summed E-state index contributed by atoms with van der Waals surface area (Å²) in [7, 11) is 0. The number of aromatic nitrogens is 3. The zero-order valence-corrected chi connectivity index (χ0v) is 10.3. The number of hydrogen-bond donors (Lipinski definition) is 1. The summed E-state index contributed by atoms with van der Waals surface area (Å²) in [6.07, 6.45) is 2.73. The maximum Gasteiger partial charge on any atom is 0.306 e. The van der Waals surface area contributed by atoms with Crippen LogP contribution in [0.25, 0.3) is 0 Å². The van der Waals surface area contributed by atoms with Crippen molar-refractivity contribution < 1.29 is 13.9 Å². The van der Waals surface area contributed by atoms with E-state index in [9.17, 15) is 4.79 Å². The Kier molecular flexibility index (Phi) is 3.15. The fourth-order valence-electron chi connectivity index (χ4n) is 1.53. The zero-order chi connectivity index (χ0) is 13.8. The van der Waals surface area contributed by atoms with Gasteiger partial charge in [0.05, 0.1) is 0 Å². The summed E-state index contributed by atoms with van der Waals surface area (Å²) < 4.78 is 12.1. The summed E-state index contributed by atoms with van der Waals surface area (Å²) in [5, 5.41) is 7.15. The molecule has 1 amide bonds. The first-order valence-corrected chi connectivity index (χ1v) is 5.80. The van der Waals surface area contributed by atoms with E-state index in [2.05, 4.69) is 15.6 Å². The van der Waals surface area contributed by atoms with Gasteiger partial charge in [-0.15, -0.1) is 10.2 Å². The van der Waals surface area contributed by atoms with Gasteiger partial charge in [0.1, 0.15) is 18.4 Å². The van der Waals surface area contributed by atoms with Crippen LogP contribution in [-0.2, 0) is 0 Å². The van der Waals surface area contributed by atoms with Crippen molar-refractivity contribution in [2.75, 3.05) is 5.43 Å². The summed E-state index contributed by atoms with van der Waals surface area (Å²) >= 11 is 0. The number of amides is 1. The highest BCUT2D eigenvalue weighted by atomic mass is 16.6. The Morgan fingerprint density at radius 2 is 1.85 bits per heavy atom. The van der Waals surface area contributed by atoms with Crippen LogP contribution in [-0.4, -0.2) is 20.8 Å². The van der Waals surface area contributed by atoms with Crippen LogP contribution in [0.3, 0.4) is 0 Å². The van der Waals surface area contributed by atoms with E-state index in [0.717, 1.165) is 0 Å². The fraction of sp³-hybridized carbons (Fsp3) is 0. The highest BCUT2D eigenvalue weighted by Gasteiger charge is 2.12. The Morgan fingerprint density at radius 1 is 1.10 bits per heavy atom. The second-order valence-corrected chi connectivity index (χ2v) is 3.84. The van der Waals surface area contributed by atoms with Crippen molar-refractivity contribution in [3.05, 3.63) is 60.9 Å². The number of nitrogens with zero attached hydrogens (tertiary/aromatic N) is 3. The normalized spacial score (nSPS) is 10.2. The molecule has 100 valence electrons. The van der Waals surface area contributed by atoms with Crippen LogP contribution in [0.5, 0.6) is 11.7 Å². The Labute approximate surface area is 113 Å². The number of benzene rings is 1. The van der Waals surface area contributed by atoms with E-state index >= 15 is 0 Å². The topological polar surface area (TPSA) is 82.2 Å². The highest BCUT2D eigenvalue weighted by Crippen LogP contribution is 2.23. The smallest absolute Gasteiger partial charge is 0.306 e. The first-order chi connectivity index (χ1) is 9.81. The molecule has 1 aromatic carbocycles. The van der Waals surface area contributed by atoms with Crippen LogP contribution in [0.15, 0.2) is 59.5 Å². The molecule has 0 bridgehead atoms. The Hall–Kier alpha value is -3.09. The lowest BCUT2D eigenvalue weighted by Gasteiger charge is -2.02. The van der Waals surface area contributed by atoms with Crippen LogP contribution in [0.2, 0.25) is 0 Å². The molecule has 2 heterocycles. The molecule has 0 aliphatic carbocycles. The molecular weight excluding hydrogens is 260 g/mol. The summed E-state index contributed by atoms with van der Waals surface area (Å²) in [6.45, 7) is 0. The number of ether oxygens (including phenoxy) is 1. The van der Waals surface area contributed by atoms with Crippen LogP contribution < -0.4 is 10.2 Å². The molecule has 0 saturated heterocycles. The Bertz CT molecular complexity index is 692. The third-order valence-electron chi connectivity index (χ3n) is 2.42. The maximum atomic E-state index is 11.8. The molecule has 0 saturated carbocycles. The van der Waals surface area contributed by atoms with Crippen molar-refractivity contribution in [2.45, 2.75) is 0 Å². The lowest BCUT2D eigenvalue weighted by atomic mass is 10.3. The van der Waals surface area contributed by atoms with Crippen molar-refractivity contribution in [3.63, 3.8) is 0 Å². The van der Waals surface area contributed by atoms with Gasteiger partial charge in [0, 0.05) is 6.07 Å². The van der Waals surface area contributed by atoms with E-state index in [4.69, 9.17) is 9.15 Å². The van der Waals surface area contributed by atoms with Gasteiger partial charge in [0.2, 0.25) is 0 Å². The minimum atomic E-state index is -0.423. The van der Waals surface area contributed by atoms with Crippen molar-refractivity contribution in [2.24, 2.45) is 0 Å². The molecule has 7 heteroatoms. The van der Waals surface area contributed by atoms with Gasteiger partial charge in [-0.05, 0) is 18.2 Å². The molecule has 0 spiro atoms. The number of rotatable bonds is 4. The predicted octanol–water partition coefficient (Wildman–Crippen LogP) is 2.05. The maximum absolute atomic E-state index is 11.8. The number of nitrogens with one attached hydrogen (secondary N) is 1. The second kappa shape index (κ2) is 5.27. The molecule has 2 aromatic heterocycles. The van der Waals surface area contributed by atoms with Gasteiger partial charge in [-0.2, -0.15) is 0 Å². The van der Waals surface area contributed by atoms with Crippen LogP contribution >= 0.6 is 0 Å². The Morgan fingerprint density at radius 3 is 2.60 bits per heavy atom. The largest absolute Gasteiger partial charge is 0.426 e. The standard InChI is InChI=1S/C13H10N4O3/c18-13(16-17-8-14-15-9-17)11-6-7-12(20-11)19-10-4-2-1-3-5-10/h1-9H,(H,16,18). The van der Waals surface area contributed by atoms with Gasteiger partial charge >= 0.3 is 5.91 Å². The second-order valence-electron chi connectivity index (χ2n) is 3.84. The third kappa shape index (κ3) is 2.66. The molecule has 3 rings (SSSR count). The van der Waals surface area contributed by atoms with Crippen LogP contribution in [0, 0.1) is 0 Å². The molecule has 20 heavy (non-hydrogen) atoms. The van der Waals surface area contributed by atoms with E-state index in [1.165, 1.54) is 23.4 Å². The van der Waals surface area contributed by atoms with E-state index in [1.807, 2.05) is 18.2 Å². The van der Waals surface area contributed by atoms with Gasteiger partial charge in [-0.25, -0.2) is 4.68 Å². The highest BCUT2D eigenvalue weighted by molar-refractivity contribution is 5.97. The molecule has 0 aliphatic rings. The monoisotopic (exact) mass is 270 g/mol. The third-order valence-corrected chi connectivity index (χ3v) is 2.42. The fourth-order valence-corrected chi connectivity index (χ4v) is 1.53. The average Bonchev–Trinajstić information content (AvgIpc) is 3.11. The lowest BCUT2D eigenvalue weighted by molar-refractivity contribution is 0.0976. The molecular formula is C13H10N4O3. The predicted molar refractivity (Wildman–Crippen MR) is 68.9 cm³/mol. The van der Waals surface area contributed by atoms with E-state index in [-0.39, 0.29) is 11.7 Å². The molecule has 0 fully saturated rings. The molecule has 1 N–H and O–H groups in total. The molecule has 0 radical (unpaired) electrons. The van der Waals surface area contributed by atoms with Gasteiger partial charge < -0.3 is 9.15 Å². The molecule has 0 unspecified atom stereocenters. The first-order valence-electron chi connectivity index (χ1n) is 5.80. The van der Waals surface area contributed by atoms with Crippen molar-refractivity contribution in [1.82, 2.24) is 14.9 Å². The number of carbonyl (C=O) groups excluding carboxylic acids is 1. The Balaban J connectivity index is 1.69. The first kappa shape index (κ1) is 12.0. The molecule has 0 aliphatic heterocycles.